The van der Waals surface area contributed by atoms with Crippen molar-refractivity contribution in [1.29, 1.82) is 0 Å². The number of hydrogen-bond acceptors (Lipinski definition) is 11. The zero-order chi connectivity index (χ0) is 22.7. The van der Waals surface area contributed by atoms with Crippen molar-refractivity contribution < 1.29 is 24.4 Å². The fraction of sp³-hybridized carbons (Fsp3) is 0.353. The Morgan fingerprint density at radius 3 is 3.03 bits per heavy atom. The molecule has 7 N–H and O–H groups in total. The third-order valence-corrected chi connectivity index (χ3v) is 4.86. The van der Waals surface area contributed by atoms with E-state index in [0.29, 0.717) is 25.2 Å². The lowest BCUT2D eigenvalue weighted by Crippen LogP contribution is -2.53. The van der Waals surface area contributed by atoms with Crippen LogP contribution in [0, 0.1) is 0 Å². The van der Waals surface area contributed by atoms with Crippen LogP contribution in [0.3, 0.4) is 0 Å². The molecule has 2 aromatic rings. The van der Waals surface area contributed by atoms with Gasteiger partial charge < -0.3 is 31.3 Å². The second kappa shape index (κ2) is 9.21. The smallest absolute Gasteiger partial charge is 0.534 e. The van der Waals surface area contributed by atoms with Crippen LogP contribution in [0.4, 0.5) is 0 Å². The highest BCUT2D eigenvalue weighted by atomic mass is 16.5. The van der Waals surface area contributed by atoms with Crippen molar-refractivity contribution >= 4 is 19.0 Å². The first-order valence-electron chi connectivity index (χ1n) is 9.88. The Bertz CT molecular complexity index is 1050. The van der Waals surface area contributed by atoms with E-state index in [0.717, 1.165) is 5.70 Å². The monoisotopic (exact) mass is 443 g/mol. The largest absolute Gasteiger partial charge is 0.547 e. The minimum Gasteiger partial charge on any atom is -0.534 e. The summed E-state index contributed by atoms with van der Waals surface area (Å²) in [7, 11) is -1.39. The number of nitrogens with one attached hydrogen (secondary N) is 3. The molecular formula is C17H22BN9O5. The Kier molecular flexibility index (Phi) is 6.20. The first-order valence-corrected chi connectivity index (χ1v) is 9.88. The maximum atomic E-state index is 12.4. The number of carboxylic acid groups (broad SMARTS) is 1. The van der Waals surface area contributed by atoms with E-state index < -0.39 is 24.9 Å². The van der Waals surface area contributed by atoms with Gasteiger partial charge in [-0.3, -0.25) is 9.80 Å². The summed E-state index contributed by atoms with van der Waals surface area (Å²) >= 11 is 0. The molecule has 1 aromatic heterocycles. The maximum Gasteiger partial charge on any atom is 0.547 e. The SMILES string of the molecule is NCCN1C=C(Cn2nnc(CC(=O)N[C@H]3Cc4cccc(C(=O)O)c4OB3O)n2)NN1. The van der Waals surface area contributed by atoms with Crippen molar-refractivity contribution in [3.05, 3.63) is 47.0 Å². The zero-order valence-electron chi connectivity index (χ0n) is 16.9. The number of hydrazine groups is 2. The summed E-state index contributed by atoms with van der Waals surface area (Å²) in [6, 6.07) is 4.67. The number of carbonyl (C=O) groups is 2. The fourth-order valence-electron chi connectivity index (χ4n) is 3.42. The van der Waals surface area contributed by atoms with Gasteiger partial charge in [-0.15, -0.1) is 15.7 Å². The minimum atomic E-state index is -1.39. The molecule has 4 rings (SSSR count). The number of aromatic nitrogens is 4. The van der Waals surface area contributed by atoms with E-state index in [2.05, 4.69) is 31.7 Å². The molecule has 0 spiro atoms. The number of carboxylic acids is 1. The molecule has 0 bridgehead atoms. The molecule has 3 heterocycles. The van der Waals surface area contributed by atoms with Crippen LogP contribution in [-0.2, 0) is 24.2 Å². The minimum absolute atomic E-state index is 0.0413. The maximum absolute atomic E-state index is 12.4. The fourth-order valence-corrected chi connectivity index (χ4v) is 3.42. The van der Waals surface area contributed by atoms with Crippen molar-refractivity contribution in [2.45, 2.75) is 25.3 Å². The van der Waals surface area contributed by atoms with E-state index >= 15 is 0 Å². The quantitative estimate of drug-likeness (QED) is 0.230. The van der Waals surface area contributed by atoms with Gasteiger partial charge >= 0.3 is 13.1 Å². The number of tetrazole rings is 1. The molecule has 2 aliphatic rings. The van der Waals surface area contributed by atoms with E-state index in [1.165, 1.54) is 10.9 Å². The number of nitrogens with two attached hydrogens (primary N) is 1. The van der Waals surface area contributed by atoms with Gasteiger partial charge in [-0.2, -0.15) is 4.80 Å². The Balaban J connectivity index is 1.33. The van der Waals surface area contributed by atoms with Crippen molar-refractivity contribution in [2.75, 3.05) is 13.1 Å². The molecule has 0 radical (unpaired) electrons. The summed E-state index contributed by atoms with van der Waals surface area (Å²) < 4.78 is 5.37. The molecule has 0 unspecified atom stereocenters. The van der Waals surface area contributed by atoms with E-state index in [1.807, 2.05) is 6.20 Å². The van der Waals surface area contributed by atoms with Crippen LogP contribution in [0.15, 0.2) is 30.1 Å². The lowest BCUT2D eigenvalue weighted by Gasteiger charge is -2.28. The number of hydrogen-bond donors (Lipinski definition) is 6. The summed E-state index contributed by atoms with van der Waals surface area (Å²) in [6.45, 7) is 1.44. The molecule has 1 atom stereocenters. The average Bonchev–Trinajstić information content (AvgIpc) is 3.38. The number of allylic oxidation sites excluding steroid dienone is 1. The molecule has 0 saturated heterocycles. The molecule has 14 nitrogen and oxygen atoms in total. The summed E-state index contributed by atoms with van der Waals surface area (Å²) in [5, 5.41) is 36.0. The highest BCUT2D eigenvalue weighted by molar-refractivity contribution is 6.47. The summed E-state index contributed by atoms with van der Waals surface area (Å²) in [5.41, 5.74) is 12.7. The third kappa shape index (κ3) is 4.79. The predicted octanol–water partition coefficient (Wildman–Crippen LogP) is -2.82. The Morgan fingerprint density at radius 1 is 1.41 bits per heavy atom. The van der Waals surface area contributed by atoms with Crippen LogP contribution in [0.2, 0.25) is 0 Å². The molecule has 32 heavy (non-hydrogen) atoms. The number of benzene rings is 1. The van der Waals surface area contributed by atoms with Gasteiger partial charge in [0, 0.05) is 19.3 Å². The van der Waals surface area contributed by atoms with E-state index in [4.69, 9.17) is 10.4 Å². The van der Waals surface area contributed by atoms with E-state index in [1.54, 1.807) is 17.1 Å². The number of aromatic carboxylic acids is 1. The Hall–Kier alpha value is -3.69. The molecule has 0 aliphatic carbocycles. The van der Waals surface area contributed by atoms with Gasteiger partial charge in [0.1, 0.15) is 12.3 Å². The van der Waals surface area contributed by atoms with Crippen LogP contribution < -0.4 is 26.7 Å². The molecule has 168 valence electrons. The Morgan fingerprint density at radius 2 is 2.25 bits per heavy atom. The number of para-hydroxylation sites is 1. The molecule has 15 heteroatoms. The van der Waals surface area contributed by atoms with Crippen molar-refractivity contribution in [3.8, 4) is 5.75 Å². The number of amides is 1. The third-order valence-electron chi connectivity index (χ3n) is 4.86. The van der Waals surface area contributed by atoms with Crippen LogP contribution in [-0.4, -0.2) is 73.4 Å². The standard InChI is InChI=1S/C17H22BN9O5/c19-4-5-26-8-11(21-24-26)9-27-23-14(22-25-27)7-15(28)20-13-6-10-2-1-3-12(17(29)30)16(10)32-18(13)31/h1-3,8,13,21,24,31H,4-7,9,19H2,(H,20,28)(H,29,30)/t13-/m0/s1. The van der Waals surface area contributed by atoms with Crippen molar-refractivity contribution in [1.82, 2.24) is 41.5 Å². The van der Waals surface area contributed by atoms with Gasteiger partial charge in [0.25, 0.3) is 0 Å². The normalized spacial score (nSPS) is 17.3. The highest BCUT2D eigenvalue weighted by Crippen LogP contribution is 2.30. The van der Waals surface area contributed by atoms with Gasteiger partial charge in [-0.25, -0.2) is 4.79 Å². The van der Waals surface area contributed by atoms with Crippen LogP contribution >= 0.6 is 0 Å². The first kappa shape index (κ1) is 21.5. The topological polar surface area (TPSA) is 193 Å². The Labute approximate surface area is 182 Å². The summed E-state index contributed by atoms with van der Waals surface area (Å²) in [5.74, 6) is -2.01. The molecule has 0 saturated carbocycles. The first-order chi connectivity index (χ1) is 15.4. The van der Waals surface area contributed by atoms with Gasteiger partial charge in [-0.05, 0) is 23.3 Å². The van der Waals surface area contributed by atoms with Gasteiger partial charge in [-0.1, -0.05) is 12.1 Å². The summed E-state index contributed by atoms with van der Waals surface area (Å²) in [4.78, 5) is 25.1. The van der Waals surface area contributed by atoms with Gasteiger partial charge in [0.2, 0.25) is 5.91 Å². The van der Waals surface area contributed by atoms with Crippen molar-refractivity contribution in [3.63, 3.8) is 0 Å². The molecule has 0 fully saturated rings. The van der Waals surface area contributed by atoms with Crippen LogP contribution in [0.25, 0.3) is 0 Å². The second-order valence-electron chi connectivity index (χ2n) is 7.27. The molecule has 1 aromatic carbocycles. The van der Waals surface area contributed by atoms with E-state index in [9.17, 15) is 19.7 Å². The molecular weight excluding hydrogens is 421 g/mol. The lowest BCUT2D eigenvalue weighted by molar-refractivity contribution is -0.121. The van der Waals surface area contributed by atoms with Crippen LogP contribution in [0.5, 0.6) is 5.75 Å². The van der Waals surface area contributed by atoms with Crippen molar-refractivity contribution in [2.24, 2.45) is 5.73 Å². The number of nitrogens with zero attached hydrogens (tertiary/aromatic N) is 5. The lowest BCUT2D eigenvalue weighted by atomic mass is 9.72. The van der Waals surface area contributed by atoms with Crippen LogP contribution in [0.1, 0.15) is 21.7 Å². The molecule has 1 amide bonds. The number of fused-ring (bicyclic) bond motifs is 1. The van der Waals surface area contributed by atoms with Gasteiger partial charge in [0.05, 0.1) is 23.6 Å². The predicted molar refractivity (Wildman–Crippen MR) is 109 cm³/mol. The second-order valence-corrected chi connectivity index (χ2v) is 7.27. The molecule has 2 aliphatic heterocycles. The van der Waals surface area contributed by atoms with Gasteiger partial charge in [0.15, 0.2) is 5.82 Å². The number of carbonyl (C=O) groups excluding carboxylic acids is 1. The summed E-state index contributed by atoms with van der Waals surface area (Å²) in [6.07, 6.45) is 1.91. The van der Waals surface area contributed by atoms with E-state index in [-0.39, 0.29) is 30.0 Å². The highest BCUT2D eigenvalue weighted by Gasteiger charge is 2.37. The average molecular weight is 443 g/mol. The zero-order valence-corrected chi connectivity index (χ0v) is 16.9. The number of rotatable bonds is 8.